The Morgan fingerprint density at radius 3 is 2.46 bits per heavy atom. The van der Waals surface area contributed by atoms with Gasteiger partial charge in [-0.3, -0.25) is 0 Å². The largest absolute Gasteiger partial charge is 0.492 e. The van der Waals surface area contributed by atoms with E-state index in [-0.39, 0.29) is 18.0 Å². The molecule has 0 spiro atoms. The summed E-state index contributed by atoms with van der Waals surface area (Å²) in [7, 11) is -3.53. The highest BCUT2D eigenvalue weighted by molar-refractivity contribution is 7.89. The van der Waals surface area contributed by atoms with Gasteiger partial charge in [0.05, 0.1) is 4.90 Å². The minimum atomic E-state index is -3.53. The summed E-state index contributed by atoms with van der Waals surface area (Å²) in [5.41, 5.74) is 2.75. The van der Waals surface area contributed by atoms with Gasteiger partial charge in [-0.15, -0.1) is 0 Å². The van der Waals surface area contributed by atoms with Gasteiger partial charge in [-0.05, 0) is 73.2 Å². The second-order valence-electron chi connectivity index (χ2n) is 5.84. The van der Waals surface area contributed by atoms with Crippen LogP contribution in [0.1, 0.15) is 24.0 Å². The van der Waals surface area contributed by atoms with Crippen LogP contribution in [0, 0.1) is 0 Å². The average Bonchev–Trinajstić information content (AvgIpc) is 2.59. The Hall–Kier alpha value is -1.56. The number of hydrogen-bond donors (Lipinski definition) is 1. The number of rotatable bonds is 6. The molecule has 0 amide bonds. The van der Waals surface area contributed by atoms with Gasteiger partial charge in [0.2, 0.25) is 10.0 Å². The van der Waals surface area contributed by atoms with Gasteiger partial charge >= 0.3 is 0 Å². The normalized spacial score (nSPS) is 14.2. The predicted molar refractivity (Wildman–Crippen MR) is 95.2 cm³/mol. The van der Waals surface area contributed by atoms with Crippen LogP contribution < -0.4 is 9.46 Å². The van der Waals surface area contributed by atoms with Crippen molar-refractivity contribution in [2.24, 2.45) is 0 Å². The number of ether oxygens (including phenoxy) is 1. The SMILES string of the molecule is O=S(=O)(NCCOc1ccc2c(c1)CCCC2)c1ccc(Cl)cc1. The molecular formula is C18H20ClNO3S. The lowest BCUT2D eigenvalue weighted by Gasteiger charge is -2.17. The highest BCUT2D eigenvalue weighted by Gasteiger charge is 2.13. The molecule has 1 aliphatic carbocycles. The van der Waals surface area contributed by atoms with Crippen LogP contribution in [-0.4, -0.2) is 21.6 Å². The van der Waals surface area contributed by atoms with Crippen molar-refractivity contribution in [2.45, 2.75) is 30.6 Å². The standard InChI is InChI=1S/C18H20ClNO3S/c19-16-6-9-18(10-7-16)24(21,22)20-11-12-23-17-8-5-14-3-1-2-4-15(14)13-17/h5-10,13,20H,1-4,11-12H2. The lowest BCUT2D eigenvalue weighted by Crippen LogP contribution is -2.28. The van der Waals surface area contributed by atoms with Gasteiger partial charge in [-0.2, -0.15) is 0 Å². The van der Waals surface area contributed by atoms with E-state index < -0.39 is 10.0 Å². The van der Waals surface area contributed by atoms with Gasteiger partial charge in [0.25, 0.3) is 0 Å². The van der Waals surface area contributed by atoms with Crippen LogP contribution >= 0.6 is 11.6 Å². The topological polar surface area (TPSA) is 55.4 Å². The van der Waals surface area contributed by atoms with Gasteiger partial charge < -0.3 is 4.74 Å². The fourth-order valence-corrected chi connectivity index (χ4v) is 3.98. The first-order chi connectivity index (χ1) is 11.5. The van der Waals surface area contributed by atoms with Crippen molar-refractivity contribution >= 4 is 21.6 Å². The molecule has 0 saturated heterocycles. The molecule has 0 fully saturated rings. The molecule has 4 nitrogen and oxygen atoms in total. The number of hydrogen-bond acceptors (Lipinski definition) is 3. The van der Waals surface area contributed by atoms with E-state index in [0.717, 1.165) is 18.6 Å². The average molecular weight is 366 g/mol. The quantitative estimate of drug-likeness (QED) is 0.796. The Labute approximate surface area is 147 Å². The number of fused-ring (bicyclic) bond motifs is 1. The van der Waals surface area contributed by atoms with Crippen LogP contribution in [0.15, 0.2) is 47.4 Å². The number of benzene rings is 2. The molecule has 3 rings (SSSR count). The molecule has 0 saturated carbocycles. The van der Waals surface area contributed by atoms with Crippen LogP contribution in [0.5, 0.6) is 5.75 Å². The molecule has 128 valence electrons. The molecule has 6 heteroatoms. The minimum absolute atomic E-state index is 0.195. The lowest BCUT2D eigenvalue weighted by molar-refractivity contribution is 0.322. The van der Waals surface area contributed by atoms with Crippen molar-refractivity contribution < 1.29 is 13.2 Å². The summed E-state index contributed by atoms with van der Waals surface area (Å²) < 4.78 is 32.5. The summed E-state index contributed by atoms with van der Waals surface area (Å²) in [5, 5.41) is 0.504. The van der Waals surface area contributed by atoms with Crippen LogP contribution in [0.3, 0.4) is 0 Å². The van der Waals surface area contributed by atoms with Crippen LogP contribution in [-0.2, 0) is 22.9 Å². The van der Waals surface area contributed by atoms with E-state index in [1.54, 1.807) is 12.1 Å². The van der Waals surface area contributed by atoms with E-state index in [2.05, 4.69) is 16.9 Å². The second kappa shape index (κ2) is 7.55. The summed E-state index contributed by atoms with van der Waals surface area (Å²) in [6.07, 6.45) is 4.70. The third-order valence-corrected chi connectivity index (χ3v) is 5.84. The van der Waals surface area contributed by atoms with Gasteiger partial charge in [0.1, 0.15) is 12.4 Å². The van der Waals surface area contributed by atoms with Gasteiger partial charge in [0, 0.05) is 11.6 Å². The number of nitrogens with one attached hydrogen (secondary N) is 1. The van der Waals surface area contributed by atoms with Gasteiger partial charge in [-0.25, -0.2) is 13.1 Å². The third kappa shape index (κ3) is 4.29. The van der Waals surface area contributed by atoms with Crippen LogP contribution in [0.25, 0.3) is 0 Å². The third-order valence-electron chi connectivity index (χ3n) is 4.11. The molecule has 0 aliphatic heterocycles. The zero-order valence-electron chi connectivity index (χ0n) is 13.3. The maximum atomic E-state index is 12.1. The summed E-state index contributed by atoms with van der Waals surface area (Å²) >= 11 is 5.77. The zero-order chi connectivity index (χ0) is 17.0. The summed E-state index contributed by atoms with van der Waals surface area (Å²) in [6.45, 7) is 0.494. The molecule has 0 atom stereocenters. The molecule has 2 aromatic rings. The molecule has 1 N–H and O–H groups in total. The molecule has 1 aliphatic rings. The van der Waals surface area contributed by atoms with Crippen molar-refractivity contribution in [1.29, 1.82) is 0 Å². The molecule has 0 unspecified atom stereocenters. The maximum Gasteiger partial charge on any atom is 0.240 e. The second-order valence-corrected chi connectivity index (χ2v) is 8.04. The minimum Gasteiger partial charge on any atom is -0.492 e. The summed E-state index contributed by atoms with van der Waals surface area (Å²) in [6, 6.07) is 12.2. The Kier molecular flexibility index (Phi) is 5.43. The van der Waals surface area contributed by atoms with Crippen molar-refractivity contribution in [3.63, 3.8) is 0 Å². The Morgan fingerprint density at radius 2 is 1.71 bits per heavy atom. The number of sulfonamides is 1. The fraction of sp³-hybridized carbons (Fsp3) is 0.333. The maximum absolute atomic E-state index is 12.1. The molecule has 0 radical (unpaired) electrons. The monoisotopic (exact) mass is 365 g/mol. The van der Waals surface area contributed by atoms with E-state index in [1.165, 1.54) is 36.1 Å². The van der Waals surface area contributed by atoms with Crippen molar-refractivity contribution in [1.82, 2.24) is 4.72 Å². The molecular weight excluding hydrogens is 346 g/mol. The van der Waals surface area contributed by atoms with Crippen molar-refractivity contribution in [3.05, 3.63) is 58.6 Å². The predicted octanol–water partition coefficient (Wildman–Crippen LogP) is 3.58. The van der Waals surface area contributed by atoms with Crippen molar-refractivity contribution in [3.8, 4) is 5.75 Å². The zero-order valence-corrected chi connectivity index (χ0v) is 14.9. The number of aryl methyl sites for hydroxylation is 2. The smallest absolute Gasteiger partial charge is 0.240 e. The highest BCUT2D eigenvalue weighted by atomic mass is 35.5. The number of halogens is 1. The fourth-order valence-electron chi connectivity index (χ4n) is 2.84. The molecule has 0 bridgehead atoms. The Morgan fingerprint density at radius 1 is 1.00 bits per heavy atom. The summed E-state index contributed by atoms with van der Waals surface area (Å²) in [4.78, 5) is 0.195. The van der Waals surface area contributed by atoms with E-state index in [4.69, 9.17) is 16.3 Å². The van der Waals surface area contributed by atoms with E-state index in [0.29, 0.717) is 5.02 Å². The van der Waals surface area contributed by atoms with Gasteiger partial charge in [0.15, 0.2) is 0 Å². The van der Waals surface area contributed by atoms with E-state index >= 15 is 0 Å². The van der Waals surface area contributed by atoms with Crippen molar-refractivity contribution in [2.75, 3.05) is 13.2 Å². The van der Waals surface area contributed by atoms with Crippen LogP contribution in [0.2, 0.25) is 5.02 Å². The first-order valence-corrected chi connectivity index (χ1v) is 9.90. The lowest BCUT2D eigenvalue weighted by atomic mass is 9.92. The highest BCUT2D eigenvalue weighted by Crippen LogP contribution is 2.25. The Bertz CT molecular complexity index is 804. The molecule has 0 aromatic heterocycles. The van der Waals surface area contributed by atoms with E-state index in [1.807, 2.05) is 6.07 Å². The van der Waals surface area contributed by atoms with E-state index in [9.17, 15) is 8.42 Å². The summed E-state index contributed by atoms with van der Waals surface area (Å²) in [5.74, 6) is 0.793. The first-order valence-electron chi connectivity index (χ1n) is 8.04. The molecule has 2 aromatic carbocycles. The molecule has 24 heavy (non-hydrogen) atoms. The van der Waals surface area contributed by atoms with Crippen LogP contribution in [0.4, 0.5) is 0 Å². The molecule has 0 heterocycles. The van der Waals surface area contributed by atoms with Gasteiger partial charge in [-0.1, -0.05) is 17.7 Å². The Balaban J connectivity index is 1.52. The first kappa shape index (κ1) is 17.3.